The summed E-state index contributed by atoms with van der Waals surface area (Å²) in [6, 6.07) is 34.1. The quantitative estimate of drug-likeness (QED) is 0.138. The van der Waals surface area contributed by atoms with Gasteiger partial charge in [0.25, 0.3) is 11.8 Å². The molecule has 19 heteroatoms. The van der Waals surface area contributed by atoms with Gasteiger partial charge in [0.1, 0.15) is 23.1 Å². The number of carbonyl (C=O) groups is 3. The average molecular weight is 1140 g/mol. The molecule has 0 saturated carbocycles. The number of halogens is 6. The molecule has 0 aliphatic carbocycles. The predicted molar refractivity (Wildman–Crippen MR) is 306 cm³/mol. The fourth-order valence-corrected chi connectivity index (χ4v) is 10.1. The zero-order valence-electron chi connectivity index (χ0n) is 43.8. The van der Waals surface area contributed by atoms with Crippen LogP contribution in [0.4, 0.5) is 18.0 Å². The number of imide groups is 1. The van der Waals surface area contributed by atoms with Crippen molar-refractivity contribution < 1.29 is 32.3 Å². The van der Waals surface area contributed by atoms with Crippen molar-refractivity contribution in [1.82, 2.24) is 40.1 Å². The summed E-state index contributed by atoms with van der Waals surface area (Å²) in [6.45, 7) is 10.7. The Morgan fingerprint density at radius 2 is 0.912 bits per heavy atom. The minimum atomic E-state index is -0.726. The van der Waals surface area contributed by atoms with Crippen LogP contribution in [0.5, 0.6) is 0 Å². The highest BCUT2D eigenvalue weighted by Gasteiger charge is 2.40. The first kappa shape index (κ1) is 56.3. The summed E-state index contributed by atoms with van der Waals surface area (Å²) in [5.74, 6) is -1.98. The Hall–Kier alpha value is -8.41. The van der Waals surface area contributed by atoms with Crippen LogP contribution in [0.15, 0.2) is 152 Å². The number of hydrogen-bond acceptors (Lipinski definition) is 11. The zero-order chi connectivity index (χ0) is 57.2. The number of ether oxygens (including phenoxy) is 1. The molecule has 0 spiro atoms. The van der Waals surface area contributed by atoms with E-state index in [1.54, 1.807) is 120 Å². The highest BCUT2D eigenvalue weighted by Crippen LogP contribution is 2.42. The van der Waals surface area contributed by atoms with Gasteiger partial charge in [-0.2, -0.15) is 0 Å². The minimum Gasteiger partial charge on any atom is -0.444 e. The summed E-state index contributed by atoms with van der Waals surface area (Å²) in [4.78, 5) is 66.4. The van der Waals surface area contributed by atoms with Gasteiger partial charge in [-0.1, -0.05) is 65.1 Å². The Kier molecular flexibility index (Phi) is 16.5. The van der Waals surface area contributed by atoms with Crippen molar-refractivity contribution in [3.63, 3.8) is 0 Å². The van der Waals surface area contributed by atoms with Crippen LogP contribution in [-0.2, 0) is 4.74 Å². The summed E-state index contributed by atoms with van der Waals surface area (Å²) in [5, 5.41) is 5.27. The molecule has 10 aromatic rings. The molecule has 4 aromatic carbocycles. The van der Waals surface area contributed by atoms with E-state index in [1.807, 2.05) is 31.2 Å². The molecule has 3 amide bonds. The van der Waals surface area contributed by atoms with Gasteiger partial charge < -0.3 is 15.8 Å². The maximum absolute atomic E-state index is 13.9. The second kappa shape index (κ2) is 23.5. The maximum Gasteiger partial charge on any atom is 0.408 e. The van der Waals surface area contributed by atoms with E-state index in [9.17, 15) is 27.6 Å². The van der Waals surface area contributed by atoms with Crippen LogP contribution >= 0.6 is 34.8 Å². The molecule has 3 unspecified atom stereocenters. The molecule has 0 bridgehead atoms. The lowest BCUT2D eigenvalue weighted by molar-refractivity contribution is 0.0505. The summed E-state index contributed by atoms with van der Waals surface area (Å²) >= 11 is 19.9. The van der Waals surface area contributed by atoms with Crippen LogP contribution in [0.1, 0.15) is 97.5 Å². The number of pyridine rings is 6. The largest absolute Gasteiger partial charge is 0.444 e. The van der Waals surface area contributed by atoms with Crippen molar-refractivity contribution in [2.75, 3.05) is 0 Å². The second-order valence-electron chi connectivity index (χ2n) is 19.5. The average Bonchev–Trinajstić information content (AvgIpc) is 3.70. The van der Waals surface area contributed by atoms with Crippen molar-refractivity contribution in [2.24, 2.45) is 5.73 Å². The summed E-state index contributed by atoms with van der Waals surface area (Å²) in [6.07, 6.45) is 4.35. The van der Waals surface area contributed by atoms with Gasteiger partial charge in [0, 0.05) is 57.5 Å². The number of nitrogens with two attached hydrogens (primary N) is 1. The first-order valence-electron chi connectivity index (χ1n) is 25.0. The first-order chi connectivity index (χ1) is 38.2. The Balaban J connectivity index is 0.000000148. The van der Waals surface area contributed by atoms with Gasteiger partial charge in [-0.3, -0.25) is 34.4 Å². The summed E-state index contributed by atoms with van der Waals surface area (Å²) in [5.41, 5.74) is 12.7. The molecule has 0 radical (unpaired) electrons. The number of rotatable bonds is 8. The molecule has 1 aliphatic rings. The van der Waals surface area contributed by atoms with E-state index in [2.05, 4.69) is 30.2 Å². The number of carbonyl (C=O) groups excluding carboxylic acids is 3. The van der Waals surface area contributed by atoms with Crippen LogP contribution in [0.3, 0.4) is 0 Å². The lowest BCUT2D eigenvalue weighted by Crippen LogP contribution is -2.34. The molecule has 0 saturated heterocycles. The van der Waals surface area contributed by atoms with E-state index in [0.29, 0.717) is 105 Å². The van der Waals surface area contributed by atoms with Crippen molar-refractivity contribution in [3.8, 4) is 33.8 Å². The van der Waals surface area contributed by atoms with Crippen LogP contribution in [0.2, 0.25) is 15.1 Å². The van der Waals surface area contributed by atoms with E-state index < -0.39 is 47.2 Å². The molecule has 1 aliphatic heterocycles. The Morgan fingerprint density at radius 1 is 0.550 bits per heavy atom. The normalized spacial score (nSPS) is 13.2. The van der Waals surface area contributed by atoms with E-state index >= 15 is 0 Å². The van der Waals surface area contributed by atoms with E-state index in [4.69, 9.17) is 50.3 Å². The molecular formula is C61H49Cl3F3N9O4. The van der Waals surface area contributed by atoms with Gasteiger partial charge in [-0.25, -0.2) is 27.9 Å². The Bertz CT molecular complexity index is 3970. The Labute approximate surface area is 473 Å². The van der Waals surface area contributed by atoms with Crippen LogP contribution in [0.25, 0.3) is 66.5 Å². The number of nitrogens with one attached hydrogen (secondary N) is 1. The number of benzene rings is 4. The van der Waals surface area contributed by atoms with Gasteiger partial charge in [-0.05, 0) is 145 Å². The van der Waals surface area contributed by atoms with Crippen LogP contribution in [0, 0.1) is 17.5 Å². The van der Waals surface area contributed by atoms with Crippen LogP contribution in [-0.4, -0.2) is 58.3 Å². The highest BCUT2D eigenvalue weighted by molar-refractivity contribution is 6.39. The van der Waals surface area contributed by atoms with Crippen molar-refractivity contribution >= 4 is 85.4 Å². The third kappa shape index (κ3) is 11.8. The SMILES string of the molecule is CC(N)c1nc2ccc(F)cc2c(Cl)c1-c1ccccn1.CC(NC(=O)OC(C)(C)C)c1nc2ccc(F)cc2c(Cl)c1-c1ccccn1.CC(c1nc2ccc(F)cc2c(Cl)c1-c1ccccn1)N1C(=O)c2ccccc2C1=O. The first-order valence-corrected chi connectivity index (χ1v) is 26.2. The number of aromatic nitrogens is 6. The number of alkyl carbamates (subject to hydrolysis) is 1. The Morgan fingerprint density at radius 3 is 1.29 bits per heavy atom. The van der Waals surface area contributed by atoms with Gasteiger partial charge in [-0.15, -0.1) is 0 Å². The molecule has 7 heterocycles. The molecule has 80 heavy (non-hydrogen) atoms. The van der Waals surface area contributed by atoms with Gasteiger partial charge >= 0.3 is 6.09 Å². The fraction of sp³-hybridized carbons (Fsp3) is 0.164. The molecule has 404 valence electrons. The monoisotopic (exact) mass is 1130 g/mol. The molecule has 3 atom stereocenters. The molecule has 6 aromatic heterocycles. The molecule has 0 fully saturated rings. The standard InChI is InChI=1S/C24H15ClFN3O2.C21H21ClFN3O2.C16H13ClFN3/c1-13(29-23(30)15-6-2-3-7-16(15)24(29)31)22-20(19-8-4-5-11-27-19)21(25)17-12-14(26)9-10-18(17)28-22;1-12(25-20(27)28-21(2,3)4)19-17(16-7-5-6-10-24-16)18(22)14-11-13(23)8-9-15(14)26-19;1-9(19)16-14(13-4-2-3-7-20-13)15(17)11-8-10(18)5-6-12(11)21-16/h2-13H,1H3;5-12H,1-4H3,(H,25,27);2-9H,19H2,1H3. The number of fused-ring (bicyclic) bond motifs is 4. The van der Waals surface area contributed by atoms with Gasteiger partial charge in [0.15, 0.2) is 0 Å². The zero-order valence-corrected chi connectivity index (χ0v) is 46.0. The minimum absolute atomic E-state index is 0.265. The van der Waals surface area contributed by atoms with Crippen molar-refractivity contribution in [1.29, 1.82) is 0 Å². The molecule has 13 nitrogen and oxygen atoms in total. The fourth-order valence-electron chi connectivity index (χ4n) is 9.09. The van der Waals surface area contributed by atoms with Gasteiger partial charge in [0.05, 0.1) is 89.0 Å². The van der Waals surface area contributed by atoms with Crippen molar-refractivity contribution in [3.05, 3.63) is 213 Å². The van der Waals surface area contributed by atoms with Crippen LogP contribution < -0.4 is 11.1 Å². The summed E-state index contributed by atoms with van der Waals surface area (Å²) < 4.78 is 46.5. The third-order valence-corrected chi connectivity index (χ3v) is 13.9. The second-order valence-corrected chi connectivity index (χ2v) is 20.7. The van der Waals surface area contributed by atoms with E-state index in [1.165, 1.54) is 47.4 Å². The smallest absolute Gasteiger partial charge is 0.408 e. The van der Waals surface area contributed by atoms with Gasteiger partial charge in [0.2, 0.25) is 0 Å². The molecule has 3 N–H and O–H groups in total. The predicted octanol–water partition coefficient (Wildman–Crippen LogP) is 15.2. The topological polar surface area (TPSA) is 179 Å². The lowest BCUT2D eigenvalue weighted by Gasteiger charge is -2.25. The number of amides is 3. The molecule has 11 rings (SSSR count). The van der Waals surface area contributed by atoms with E-state index in [0.717, 1.165) is 0 Å². The lowest BCUT2D eigenvalue weighted by atomic mass is 10.0. The third-order valence-electron chi connectivity index (χ3n) is 12.7. The van der Waals surface area contributed by atoms with Crippen molar-refractivity contribution in [2.45, 2.75) is 65.3 Å². The maximum atomic E-state index is 13.9. The number of hydrogen-bond donors (Lipinski definition) is 2. The number of nitrogens with zero attached hydrogens (tertiary/aromatic N) is 7. The molecular weight excluding hydrogens is 1090 g/mol. The van der Waals surface area contributed by atoms with E-state index in [-0.39, 0.29) is 16.9 Å². The summed E-state index contributed by atoms with van der Waals surface area (Å²) in [7, 11) is 0. The highest BCUT2D eigenvalue weighted by atomic mass is 35.5.